The number of anilines is 2. The van der Waals surface area contributed by atoms with Gasteiger partial charge in [-0.3, -0.25) is 25.2 Å². The molecule has 5 rings (SSSR count). The van der Waals surface area contributed by atoms with Crippen LogP contribution >= 0.6 is 0 Å². The number of likely N-dealkylation sites (N-methyl/N-ethyl adjacent to an activating group) is 1. The van der Waals surface area contributed by atoms with Crippen LogP contribution in [0.4, 0.5) is 24.7 Å². The number of ether oxygens (including phenoxy) is 1. The van der Waals surface area contributed by atoms with E-state index in [4.69, 9.17) is 10.5 Å². The molecule has 3 aliphatic rings. The summed E-state index contributed by atoms with van der Waals surface area (Å²) < 4.78 is 44.7. The Morgan fingerprint density at radius 1 is 1.29 bits per heavy atom. The first-order valence-corrected chi connectivity index (χ1v) is 12.8. The number of amides is 2. The Balaban J connectivity index is 1.38. The van der Waals surface area contributed by atoms with E-state index in [1.165, 1.54) is 6.07 Å². The van der Waals surface area contributed by atoms with Gasteiger partial charge in [0.05, 0.1) is 18.9 Å². The van der Waals surface area contributed by atoms with Crippen molar-refractivity contribution in [3.05, 3.63) is 47.4 Å². The second-order valence-electron chi connectivity index (χ2n) is 10.3. The fourth-order valence-electron chi connectivity index (χ4n) is 5.78. The average Bonchev–Trinajstić information content (AvgIpc) is 2.90. The molecule has 12 heteroatoms. The van der Waals surface area contributed by atoms with Crippen molar-refractivity contribution in [3.63, 3.8) is 0 Å². The number of hydrogen-bond acceptors (Lipinski definition) is 7. The smallest absolute Gasteiger partial charge is 0.375 e. The third-order valence-electron chi connectivity index (χ3n) is 7.88. The lowest BCUT2D eigenvalue weighted by Gasteiger charge is -2.50. The highest BCUT2D eigenvalue weighted by Crippen LogP contribution is 2.43. The fourth-order valence-corrected chi connectivity index (χ4v) is 5.78. The number of nitrogens with zero attached hydrogens (tertiary/aromatic N) is 4. The van der Waals surface area contributed by atoms with E-state index in [-0.39, 0.29) is 30.0 Å². The van der Waals surface area contributed by atoms with Gasteiger partial charge in [-0.05, 0) is 61.8 Å². The molecule has 204 valence electrons. The number of alkyl halides is 3. The predicted molar refractivity (Wildman–Crippen MR) is 134 cm³/mol. The van der Waals surface area contributed by atoms with Gasteiger partial charge in [0.1, 0.15) is 5.69 Å². The molecule has 2 fully saturated rings. The van der Waals surface area contributed by atoms with E-state index >= 15 is 0 Å². The molecule has 2 aromatic heterocycles. The molecule has 38 heavy (non-hydrogen) atoms. The number of halogens is 3. The molecule has 4 heterocycles. The molecule has 1 saturated heterocycles. The number of carbonyl (C=O) groups excluding carboxylic acids is 2. The lowest BCUT2D eigenvalue weighted by Crippen LogP contribution is -2.73. The van der Waals surface area contributed by atoms with Gasteiger partial charge in [-0.25, -0.2) is 4.98 Å². The SMILES string of the molecule is CCN1C(=O)[C@@]2(N)COCCN2c2cc(C3CC(NC(=O)c4ccnc(C(F)(F)F)c4)CCC3C)cnc21. The van der Waals surface area contributed by atoms with Gasteiger partial charge in [0, 0.05) is 37.1 Å². The highest BCUT2D eigenvalue weighted by Gasteiger charge is 2.51. The van der Waals surface area contributed by atoms with Gasteiger partial charge >= 0.3 is 6.18 Å². The van der Waals surface area contributed by atoms with Crippen molar-refractivity contribution in [1.82, 2.24) is 15.3 Å². The summed E-state index contributed by atoms with van der Waals surface area (Å²) in [4.78, 5) is 37.5. The first-order valence-electron chi connectivity index (χ1n) is 12.8. The number of nitrogens with two attached hydrogens (primary N) is 1. The van der Waals surface area contributed by atoms with Crippen LogP contribution in [-0.2, 0) is 15.7 Å². The summed E-state index contributed by atoms with van der Waals surface area (Å²) in [6.07, 6.45) is 0.304. The molecule has 2 aromatic rings. The number of pyridine rings is 2. The number of fused-ring (bicyclic) bond motifs is 3. The number of carbonyl (C=O) groups is 2. The number of morpholine rings is 1. The Morgan fingerprint density at radius 3 is 2.82 bits per heavy atom. The molecule has 4 atom stereocenters. The number of aromatic nitrogens is 2. The van der Waals surface area contributed by atoms with Crippen molar-refractivity contribution in [3.8, 4) is 0 Å². The largest absolute Gasteiger partial charge is 0.433 e. The number of nitrogens with one attached hydrogen (secondary N) is 1. The van der Waals surface area contributed by atoms with Crippen molar-refractivity contribution in [2.45, 2.75) is 56.9 Å². The van der Waals surface area contributed by atoms with Crippen LogP contribution in [-0.4, -0.2) is 59.8 Å². The fraction of sp³-hybridized carbons (Fsp3) is 0.538. The molecule has 0 aromatic carbocycles. The van der Waals surface area contributed by atoms with E-state index in [0.717, 1.165) is 29.9 Å². The summed E-state index contributed by atoms with van der Waals surface area (Å²) in [6, 6.07) is 3.87. The van der Waals surface area contributed by atoms with E-state index in [1.54, 1.807) is 11.1 Å². The maximum absolute atomic E-state index is 13.2. The summed E-state index contributed by atoms with van der Waals surface area (Å²) in [6.45, 7) is 5.43. The van der Waals surface area contributed by atoms with Crippen LogP contribution in [0.25, 0.3) is 0 Å². The van der Waals surface area contributed by atoms with Crippen molar-refractivity contribution >= 4 is 23.3 Å². The van der Waals surface area contributed by atoms with E-state index < -0.39 is 23.4 Å². The zero-order valence-electron chi connectivity index (χ0n) is 21.3. The van der Waals surface area contributed by atoms with Gasteiger partial charge in [0.2, 0.25) is 0 Å². The second kappa shape index (κ2) is 9.81. The number of rotatable bonds is 4. The Kier molecular flexibility index (Phi) is 6.80. The summed E-state index contributed by atoms with van der Waals surface area (Å²) in [7, 11) is 0. The summed E-state index contributed by atoms with van der Waals surface area (Å²) in [5, 5.41) is 2.92. The van der Waals surface area contributed by atoms with Gasteiger partial charge in [-0.2, -0.15) is 13.2 Å². The molecule has 3 unspecified atom stereocenters. The molecular weight excluding hydrogens is 501 g/mol. The maximum atomic E-state index is 13.2. The van der Waals surface area contributed by atoms with Gasteiger partial charge in [0.15, 0.2) is 11.5 Å². The van der Waals surface area contributed by atoms with Crippen LogP contribution in [0.3, 0.4) is 0 Å². The van der Waals surface area contributed by atoms with Crippen LogP contribution in [0, 0.1) is 5.92 Å². The maximum Gasteiger partial charge on any atom is 0.433 e. The van der Waals surface area contributed by atoms with E-state index in [9.17, 15) is 22.8 Å². The zero-order valence-corrected chi connectivity index (χ0v) is 21.3. The van der Waals surface area contributed by atoms with E-state index in [0.29, 0.717) is 44.3 Å². The highest BCUT2D eigenvalue weighted by molar-refractivity contribution is 6.07. The third-order valence-corrected chi connectivity index (χ3v) is 7.88. The first-order chi connectivity index (χ1) is 18.0. The van der Waals surface area contributed by atoms with Gasteiger partial charge in [-0.1, -0.05) is 6.92 Å². The lowest BCUT2D eigenvalue weighted by atomic mass is 9.74. The van der Waals surface area contributed by atoms with Crippen molar-refractivity contribution < 1.29 is 27.5 Å². The molecule has 9 nitrogen and oxygen atoms in total. The van der Waals surface area contributed by atoms with Crippen LogP contribution in [0.1, 0.15) is 60.6 Å². The van der Waals surface area contributed by atoms with Gasteiger partial charge in [-0.15, -0.1) is 0 Å². The average molecular weight is 533 g/mol. The minimum atomic E-state index is -4.62. The summed E-state index contributed by atoms with van der Waals surface area (Å²) in [5.41, 5.74) is 5.86. The molecule has 0 bridgehead atoms. The van der Waals surface area contributed by atoms with Gasteiger partial charge in [0.25, 0.3) is 11.8 Å². The quantitative estimate of drug-likeness (QED) is 0.622. The minimum absolute atomic E-state index is 0.0518. The van der Waals surface area contributed by atoms with Crippen molar-refractivity contribution in [1.29, 1.82) is 0 Å². The van der Waals surface area contributed by atoms with Crippen LogP contribution in [0.5, 0.6) is 0 Å². The zero-order chi connectivity index (χ0) is 27.2. The number of hydrogen-bond donors (Lipinski definition) is 2. The standard InChI is InChI=1S/C26H31F3N6O3/c1-3-34-22-20(35-8-9-38-14-25(35,30)24(34)37)10-17(13-32-22)19-12-18(5-4-15(19)2)33-23(36)16-6-7-31-21(11-16)26(27,28)29/h6-7,10-11,13,15,18-19H,3-5,8-9,12,14,30H2,1-2H3,(H,33,36)/t15?,18?,19?,25-/m1/s1. The third kappa shape index (κ3) is 4.60. The monoisotopic (exact) mass is 532 g/mol. The summed E-state index contributed by atoms with van der Waals surface area (Å²) in [5.74, 6) is 0.108. The second-order valence-corrected chi connectivity index (χ2v) is 10.3. The van der Waals surface area contributed by atoms with Crippen LogP contribution < -0.4 is 20.9 Å². The van der Waals surface area contributed by atoms with Gasteiger partial charge < -0.3 is 15.0 Å². The van der Waals surface area contributed by atoms with E-state index in [1.807, 2.05) is 17.9 Å². The molecule has 2 amide bonds. The molecule has 3 N–H and O–H groups in total. The highest BCUT2D eigenvalue weighted by atomic mass is 19.4. The minimum Gasteiger partial charge on any atom is -0.375 e. The molecule has 0 radical (unpaired) electrons. The van der Waals surface area contributed by atoms with Crippen molar-refractivity contribution in [2.24, 2.45) is 11.7 Å². The van der Waals surface area contributed by atoms with E-state index in [2.05, 4.69) is 22.2 Å². The first kappa shape index (κ1) is 26.4. The molecule has 0 spiro atoms. The van der Waals surface area contributed by atoms with Crippen LogP contribution in [0.2, 0.25) is 0 Å². The Hall–Kier alpha value is -3.25. The topological polar surface area (TPSA) is 114 Å². The predicted octanol–water partition coefficient (Wildman–Crippen LogP) is 3.06. The molecule has 2 aliphatic heterocycles. The Labute approximate surface area is 218 Å². The molecule has 1 aliphatic carbocycles. The molecular formula is C26H31F3N6O3. The van der Waals surface area contributed by atoms with Crippen molar-refractivity contribution in [2.75, 3.05) is 36.1 Å². The lowest BCUT2D eigenvalue weighted by molar-refractivity contribution is -0.141. The summed E-state index contributed by atoms with van der Waals surface area (Å²) >= 11 is 0. The Bertz CT molecular complexity index is 1240. The van der Waals surface area contributed by atoms with Crippen LogP contribution in [0.15, 0.2) is 30.6 Å². The molecule has 1 saturated carbocycles. The Morgan fingerprint density at radius 2 is 2.08 bits per heavy atom. The normalized spacial score (nSPS) is 27.5.